The summed E-state index contributed by atoms with van der Waals surface area (Å²) < 4.78 is 0. The molecule has 1 rings (SSSR count). The number of hydrogen-bond donors (Lipinski definition) is 2. The molecular weight excluding hydrogens is 244 g/mol. The molecule has 0 aromatic heterocycles. The molecule has 1 atom stereocenters. The van der Waals surface area contributed by atoms with Gasteiger partial charge in [0.25, 0.3) is 0 Å². The Kier molecular flexibility index (Phi) is 7.85. The maximum absolute atomic E-state index is 11.5. The highest BCUT2D eigenvalue weighted by atomic mass is 16.3. The van der Waals surface area contributed by atoms with Gasteiger partial charge in [0.2, 0.25) is 5.91 Å². The number of aliphatic hydroxyl groups is 1. The predicted octanol–water partition coefficient (Wildman–Crippen LogP) is 0.634. The van der Waals surface area contributed by atoms with Crippen molar-refractivity contribution < 1.29 is 15.4 Å². The van der Waals surface area contributed by atoms with Crippen molar-refractivity contribution in [1.82, 2.24) is 5.32 Å². The number of rotatable bonds is 5. The molecule has 5 heteroatoms. The second kappa shape index (κ2) is 8.86. The lowest BCUT2D eigenvalue weighted by Crippen LogP contribution is -2.31. The molecule has 1 unspecified atom stereocenters. The summed E-state index contributed by atoms with van der Waals surface area (Å²) in [6, 6.07) is 9.06. The van der Waals surface area contributed by atoms with Gasteiger partial charge < -0.3 is 15.9 Å². The maximum atomic E-state index is 11.5. The highest BCUT2D eigenvalue weighted by Crippen LogP contribution is 2.08. The van der Waals surface area contributed by atoms with E-state index in [0.717, 1.165) is 0 Å². The summed E-state index contributed by atoms with van der Waals surface area (Å²) in [7, 11) is 0. The monoisotopic (exact) mass is 262 g/mol. The zero-order valence-corrected chi connectivity index (χ0v) is 10.8. The topological polar surface area (TPSA) is 105 Å². The Morgan fingerprint density at radius 1 is 1.53 bits per heavy atom. The fraction of sp³-hybridized carbons (Fsp3) is 0.286. The summed E-state index contributed by atoms with van der Waals surface area (Å²) in [5.41, 5.74) is 1.25. The molecule has 0 heterocycles. The van der Waals surface area contributed by atoms with Crippen LogP contribution >= 0.6 is 0 Å². The van der Waals surface area contributed by atoms with Gasteiger partial charge in [0.15, 0.2) is 0 Å². The van der Waals surface area contributed by atoms with Crippen molar-refractivity contribution >= 4 is 12.0 Å². The first-order valence-corrected chi connectivity index (χ1v) is 5.76. The first-order valence-electron chi connectivity index (χ1n) is 5.76. The number of hydrogen-bond acceptors (Lipinski definition) is 3. The molecule has 0 aliphatic heterocycles. The molecule has 0 saturated heterocycles. The van der Waals surface area contributed by atoms with Gasteiger partial charge in [-0.05, 0) is 31.1 Å². The Labute approximate surface area is 112 Å². The van der Waals surface area contributed by atoms with Gasteiger partial charge >= 0.3 is 0 Å². The highest BCUT2D eigenvalue weighted by molar-refractivity contribution is 5.92. The van der Waals surface area contributed by atoms with Crippen LogP contribution in [0.2, 0.25) is 0 Å². The van der Waals surface area contributed by atoms with E-state index in [4.69, 9.17) is 10.4 Å². The number of aliphatic hydroxyl groups excluding tert-OH is 1. The fourth-order valence-electron chi connectivity index (χ4n) is 1.47. The lowest BCUT2D eigenvalue weighted by atomic mass is 10.1. The predicted molar refractivity (Wildman–Crippen MR) is 73.1 cm³/mol. The molecule has 0 fully saturated rings. The number of nitriles is 1. The van der Waals surface area contributed by atoms with E-state index in [1.807, 2.05) is 13.0 Å². The van der Waals surface area contributed by atoms with E-state index in [0.29, 0.717) is 17.5 Å². The van der Waals surface area contributed by atoms with E-state index in [2.05, 4.69) is 11.4 Å². The van der Waals surface area contributed by atoms with Crippen molar-refractivity contribution in [1.29, 1.82) is 5.26 Å². The van der Waals surface area contributed by atoms with E-state index < -0.39 is 0 Å². The van der Waals surface area contributed by atoms with E-state index in [9.17, 15) is 4.79 Å². The molecule has 0 radical (unpaired) electrons. The Balaban J connectivity index is 0.00000324. The minimum Gasteiger partial charge on any atom is -0.412 e. The summed E-state index contributed by atoms with van der Waals surface area (Å²) in [4.78, 5) is 11.5. The quantitative estimate of drug-likeness (QED) is 0.760. The second-order valence-electron chi connectivity index (χ2n) is 3.95. The zero-order valence-electron chi connectivity index (χ0n) is 10.8. The largest absolute Gasteiger partial charge is 0.412 e. The maximum Gasteiger partial charge on any atom is 0.244 e. The van der Waals surface area contributed by atoms with E-state index >= 15 is 0 Å². The highest BCUT2D eigenvalue weighted by Gasteiger charge is 2.03. The molecule has 0 saturated carbocycles. The Morgan fingerprint density at radius 2 is 2.21 bits per heavy atom. The van der Waals surface area contributed by atoms with Crippen LogP contribution < -0.4 is 5.32 Å². The summed E-state index contributed by atoms with van der Waals surface area (Å²) in [6.07, 6.45) is 3.53. The van der Waals surface area contributed by atoms with Crippen LogP contribution in [-0.2, 0) is 4.79 Å². The molecule has 1 aromatic rings. The third-order valence-electron chi connectivity index (χ3n) is 2.45. The molecule has 0 bridgehead atoms. The Morgan fingerprint density at radius 3 is 2.84 bits per heavy atom. The zero-order chi connectivity index (χ0) is 13.4. The minimum absolute atomic E-state index is 0. The third kappa shape index (κ3) is 5.82. The van der Waals surface area contributed by atoms with Gasteiger partial charge in [0, 0.05) is 18.7 Å². The molecule has 4 N–H and O–H groups in total. The third-order valence-corrected chi connectivity index (χ3v) is 2.45. The van der Waals surface area contributed by atoms with Gasteiger partial charge in [-0.2, -0.15) is 5.26 Å². The van der Waals surface area contributed by atoms with Crippen LogP contribution in [0.15, 0.2) is 30.3 Å². The van der Waals surface area contributed by atoms with Crippen molar-refractivity contribution in [2.45, 2.75) is 19.4 Å². The molecule has 102 valence electrons. The average Bonchev–Trinajstić information content (AvgIpc) is 2.37. The standard InChI is InChI=1S/C14H16N2O2.H2O/c1-11(8-9-17)16-14(18)7-6-12-4-2-3-5-13(12)10-15;/h2-7,11,17H,8-9H2,1H3,(H,16,18);1H2/b7-6+;. The number of carbonyl (C=O) groups is 1. The van der Waals surface area contributed by atoms with Crippen LogP contribution in [0, 0.1) is 11.3 Å². The first-order chi connectivity index (χ1) is 8.67. The van der Waals surface area contributed by atoms with Gasteiger partial charge in [-0.15, -0.1) is 0 Å². The Bertz CT molecular complexity index is 478. The van der Waals surface area contributed by atoms with Gasteiger partial charge in [-0.1, -0.05) is 18.2 Å². The van der Waals surface area contributed by atoms with Gasteiger partial charge in [-0.3, -0.25) is 4.79 Å². The number of carbonyl (C=O) groups excluding carboxylic acids is 1. The number of benzene rings is 1. The number of nitrogens with one attached hydrogen (secondary N) is 1. The smallest absolute Gasteiger partial charge is 0.244 e. The summed E-state index contributed by atoms with van der Waals surface area (Å²) in [5, 5.41) is 20.3. The lowest BCUT2D eigenvalue weighted by Gasteiger charge is -2.09. The molecule has 0 aliphatic rings. The fourth-order valence-corrected chi connectivity index (χ4v) is 1.47. The second-order valence-corrected chi connectivity index (χ2v) is 3.95. The summed E-state index contributed by atoms with van der Waals surface area (Å²) >= 11 is 0. The number of amides is 1. The Hall–Kier alpha value is -2.16. The molecular formula is C14H18N2O3. The van der Waals surface area contributed by atoms with Crippen LogP contribution in [0.25, 0.3) is 6.08 Å². The van der Waals surface area contributed by atoms with Gasteiger partial charge in [0.05, 0.1) is 11.6 Å². The van der Waals surface area contributed by atoms with Gasteiger partial charge in [-0.25, -0.2) is 0 Å². The molecule has 0 aliphatic carbocycles. The summed E-state index contributed by atoms with van der Waals surface area (Å²) in [5.74, 6) is -0.233. The molecule has 0 spiro atoms. The first kappa shape index (κ1) is 16.8. The van der Waals surface area contributed by atoms with Crippen molar-refractivity contribution in [3.63, 3.8) is 0 Å². The van der Waals surface area contributed by atoms with E-state index in [1.54, 1.807) is 24.3 Å². The van der Waals surface area contributed by atoms with Crippen molar-refractivity contribution in [3.05, 3.63) is 41.5 Å². The SMILES string of the molecule is CC(CCO)NC(=O)/C=C/c1ccccc1C#N.O. The van der Waals surface area contributed by atoms with Crippen LogP contribution in [0.5, 0.6) is 0 Å². The molecule has 1 aromatic carbocycles. The minimum atomic E-state index is -0.233. The normalized spacial score (nSPS) is 11.4. The average molecular weight is 262 g/mol. The van der Waals surface area contributed by atoms with Crippen molar-refractivity contribution in [2.75, 3.05) is 6.61 Å². The van der Waals surface area contributed by atoms with Crippen molar-refractivity contribution in [2.24, 2.45) is 0 Å². The molecule has 19 heavy (non-hydrogen) atoms. The molecule has 1 amide bonds. The van der Waals surface area contributed by atoms with E-state index in [1.165, 1.54) is 6.08 Å². The number of nitrogens with zero attached hydrogens (tertiary/aromatic N) is 1. The van der Waals surface area contributed by atoms with Crippen LogP contribution in [0.1, 0.15) is 24.5 Å². The van der Waals surface area contributed by atoms with E-state index in [-0.39, 0.29) is 24.0 Å². The molecule has 5 nitrogen and oxygen atoms in total. The van der Waals surface area contributed by atoms with Crippen LogP contribution in [0.3, 0.4) is 0 Å². The van der Waals surface area contributed by atoms with Crippen LogP contribution in [0.4, 0.5) is 0 Å². The summed E-state index contributed by atoms with van der Waals surface area (Å²) in [6.45, 7) is 1.87. The van der Waals surface area contributed by atoms with Crippen LogP contribution in [-0.4, -0.2) is 29.1 Å². The van der Waals surface area contributed by atoms with Gasteiger partial charge in [0.1, 0.15) is 0 Å². The van der Waals surface area contributed by atoms with Crippen molar-refractivity contribution in [3.8, 4) is 6.07 Å². The lowest BCUT2D eigenvalue weighted by molar-refractivity contribution is -0.117.